The molecule has 0 atom stereocenters. The number of carbonyl (C=O) groups is 1. The molecule has 1 N–H and O–H groups in total. The maximum absolute atomic E-state index is 13.1. The van der Waals surface area contributed by atoms with Crippen molar-refractivity contribution in [2.45, 2.75) is 32.7 Å². The minimum Gasteiger partial charge on any atom is -0.341 e. The third-order valence-electron chi connectivity index (χ3n) is 4.98. The molecule has 1 aromatic carbocycles. The number of hydrogen-bond donors (Lipinski definition) is 1. The van der Waals surface area contributed by atoms with Crippen molar-refractivity contribution < 1.29 is 9.18 Å². The van der Waals surface area contributed by atoms with Crippen molar-refractivity contribution in [1.29, 1.82) is 0 Å². The van der Waals surface area contributed by atoms with Crippen molar-refractivity contribution >= 4 is 6.03 Å². The first-order valence-corrected chi connectivity index (χ1v) is 8.79. The van der Waals surface area contributed by atoms with E-state index in [1.807, 2.05) is 30.2 Å². The third-order valence-corrected chi connectivity index (χ3v) is 4.98. The van der Waals surface area contributed by atoms with Crippen LogP contribution < -0.4 is 5.32 Å². The summed E-state index contributed by atoms with van der Waals surface area (Å²) in [5.74, 6) is 1.39. The molecule has 2 amide bonds. The van der Waals surface area contributed by atoms with E-state index in [4.69, 9.17) is 0 Å². The predicted molar refractivity (Wildman–Crippen MR) is 94.9 cm³/mol. The van der Waals surface area contributed by atoms with Crippen LogP contribution in [0.1, 0.15) is 29.9 Å². The van der Waals surface area contributed by atoms with Crippen LogP contribution in [0.15, 0.2) is 30.5 Å². The molecule has 3 rings (SSSR count). The number of piperidine rings is 1. The van der Waals surface area contributed by atoms with Crippen LogP contribution in [0.5, 0.6) is 0 Å². The maximum atomic E-state index is 13.1. The quantitative estimate of drug-likeness (QED) is 0.927. The maximum Gasteiger partial charge on any atom is 0.317 e. The Morgan fingerprint density at radius 3 is 2.60 bits per heavy atom. The van der Waals surface area contributed by atoms with E-state index in [-0.39, 0.29) is 11.8 Å². The summed E-state index contributed by atoms with van der Waals surface area (Å²) in [5, 5.41) is 2.69. The molecule has 1 aromatic heterocycles. The van der Waals surface area contributed by atoms with Crippen LogP contribution in [0.4, 0.5) is 9.18 Å². The molecule has 1 aliphatic rings. The average molecular weight is 344 g/mol. The first-order valence-electron chi connectivity index (χ1n) is 8.79. The van der Waals surface area contributed by atoms with Gasteiger partial charge >= 0.3 is 6.03 Å². The minimum absolute atomic E-state index is 0.00658. The first-order chi connectivity index (χ1) is 12.1. The molecule has 1 saturated heterocycles. The fourth-order valence-corrected chi connectivity index (χ4v) is 3.42. The standard InChI is InChI=1S/C19H25FN4O/c1-14-12-22-18(24(14)13-16-3-5-17(20)6-4-16)11-15-7-9-23(10-8-15)19(25)21-2/h3-6,12,15H,7-11,13H2,1-2H3,(H,21,25). The number of rotatable bonds is 4. The number of urea groups is 1. The number of carbonyl (C=O) groups excluding carboxylic acids is 1. The number of amides is 2. The van der Waals surface area contributed by atoms with Gasteiger partial charge in [0.2, 0.25) is 0 Å². The number of aryl methyl sites for hydroxylation is 1. The number of aromatic nitrogens is 2. The van der Waals surface area contributed by atoms with Gasteiger partial charge in [-0.3, -0.25) is 0 Å². The first kappa shape index (κ1) is 17.5. The van der Waals surface area contributed by atoms with Gasteiger partial charge in [-0.2, -0.15) is 0 Å². The Kier molecular flexibility index (Phi) is 5.36. The number of likely N-dealkylation sites (tertiary alicyclic amines) is 1. The summed E-state index contributed by atoms with van der Waals surface area (Å²) < 4.78 is 15.3. The van der Waals surface area contributed by atoms with Crippen molar-refractivity contribution in [2.75, 3.05) is 20.1 Å². The van der Waals surface area contributed by atoms with E-state index < -0.39 is 0 Å². The highest BCUT2D eigenvalue weighted by Crippen LogP contribution is 2.22. The summed E-state index contributed by atoms with van der Waals surface area (Å²) in [5.41, 5.74) is 2.18. The van der Waals surface area contributed by atoms with Crippen LogP contribution in [0.2, 0.25) is 0 Å². The van der Waals surface area contributed by atoms with Crippen LogP contribution in [0, 0.1) is 18.7 Å². The molecule has 0 bridgehead atoms. The van der Waals surface area contributed by atoms with Crippen LogP contribution >= 0.6 is 0 Å². The molecular weight excluding hydrogens is 319 g/mol. The number of nitrogens with zero attached hydrogens (tertiary/aromatic N) is 3. The Hall–Kier alpha value is -2.37. The van der Waals surface area contributed by atoms with Crippen molar-refractivity contribution in [2.24, 2.45) is 5.92 Å². The summed E-state index contributed by atoms with van der Waals surface area (Å²) >= 11 is 0. The van der Waals surface area contributed by atoms with Gasteiger partial charge in [-0.15, -0.1) is 0 Å². The van der Waals surface area contributed by atoms with E-state index >= 15 is 0 Å². The van der Waals surface area contributed by atoms with Crippen molar-refractivity contribution in [3.8, 4) is 0 Å². The van der Waals surface area contributed by atoms with E-state index in [1.54, 1.807) is 7.05 Å². The minimum atomic E-state index is -0.214. The van der Waals surface area contributed by atoms with E-state index in [0.29, 0.717) is 12.5 Å². The normalized spacial score (nSPS) is 15.4. The fraction of sp³-hybridized carbons (Fsp3) is 0.474. The number of hydrogen-bond acceptors (Lipinski definition) is 2. The molecule has 0 saturated carbocycles. The molecule has 1 fully saturated rings. The monoisotopic (exact) mass is 344 g/mol. The molecule has 0 aliphatic carbocycles. The lowest BCUT2D eigenvalue weighted by atomic mass is 9.93. The number of benzene rings is 1. The zero-order valence-corrected chi connectivity index (χ0v) is 14.8. The molecule has 1 aliphatic heterocycles. The highest BCUT2D eigenvalue weighted by molar-refractivity contribution is 5.73. The van der Waals surface area contributed by atoms with E-state index in [2.05, 4.69) is 14.9 Å². The molecular formula is C19H25FN4O. The summed E-state index contributed by atoms with van der Waals surface area (Å²) in [6.45, 7) is 4.34. The Balaban J connectivity index is 1.64. The molecule has 25 heavy (non-hydrogen) atoms. The number of nitrogens with one attached hydrogen (secondary N) is 1. The van der Waals surface area contributed by atoms with Gasteiger partial charge in [-0.05, 0) is 43.4 Å². The van der Waals surface area contributed by atoms with Gasteiger partial charge in [0.05, 0.1) is 0 Å². The Morgan fingerprint density at radius 1 is 1.28 bits per heavy atom. The third kappa shape index (κ3) is 4.18. The zero-order valence-electron chi connectivity index (χ0n) is 14.8. The Bertz CT molecular complexity index is 718. The lowest BCUT2D eigenvalue weighted by molar-refractivity contribution is 0.171. The van der Waals surface area contributed by atoms with E-state index in [0.717, 1.165) is 49.4 Å². The predicted octanol–water partition coefficient (Wildman–Crippen LogP) is 2.97. The Morgan fingerprint density at radius 2 is 1.96 bits per heavy atom. The van der Waals surface area contributed by atoms with Crippen molar-refractivity contribution in [1.82, 2.24) is 19.8 Å². The van der Waals surface area contributed by atoms with Gasteiger partial charge in [0.1, 0.15) is 11.6 Å². The highest BCUT2D eigenvalue weighted by Gasteiger charge is 2.23. The lowest BCUT2D eigenvalue weighted by Gasteiger charge is -2.31. The Labute approximate surface area is 147 Å². The second kappa shape index (κ2) is 7.68. The van der Waals surface area contributed by atoms with Crippen LogP contribution in [0.25, 0.3) is 0 Å². The average Bonchev–Trinajstić information content (AvgIpc) is 2.97. The number of halogens is 1. The molecule has 0 radical (unpaired) electrons. The second-order valence-corrected chi connectivity index (χ2v) is 6.72. The highest BCUT2D eigenvalue weighted by atomic mass is 19.1. The van der Waals surface area contributed by atoms with Crippen LogP contribution in [-0.4, -0.2) is 40.6 Å². The van der Waals surface area contributed by atoms with Gasteiger partial charge in [0.15, 0.2) is 0 Å². The van der Waals surface area contributed by atoms with Gasteiger partial charge in [0, 0.05) is 45.0 Å². The van der Waals surface area contributed by atoms with Crippen molar-refractivity contribution in [3.63, 3.8) is 0 Å². The number of imidazole rings is 1. The summed E-state index contributed by atoms with van der Waals surface area (Å²) in [4.78, 5) is 18.1. The molecule has 5 nitrogen and oxygen atoms in total. The zero-order chi connectivity index (χ0) is 17.8. The van der Waals surface area contributed by atoms with E-state index in [9.17, 15) is 9.18 Å². The van der Waals surface area contributed by atoms with Gasteiger partial charge in [-0.1, -0.05) is 12.1 Å². The molecule has 134 valence electrons. The molecule has 2 heterocycles. The topological polar surface area (TPSA) is 50.2 Å². The summed E-state index contributed by atoms with van der Waals surface area (Å²) in [6, 6.07) is 6.64. The van der Waals surface area contributed by atoms with Gasteiger partial charge in [-0.25, -0.2) is 14.2 Å². The van der Waals surface area contributed by atoms with Crippen LogP contribution in [0.3, 0.4) is 0 Å². The molecule has 6 heteroatoms. The largest absolute Gasteiger partial charge is 0.341 e. The molecule has 2 aromatic rings. The molecule has 0 unspecified atom stereocenters. The fourth-order valence-electron chi connectivity index (χ4n) is 3.42. The summed E-state index contributed by atoms with van der Waals surface area (Å²) in [7, 11) is 1.67. The van der Waals surface area contributed by atoms with Gasteiger partial charge < -0.3 is 14.8 Å². The molecule has 0 spiro atoms. The second-order valence-electron chi connectivity index (χ2n) is 6.72. The van der Waals surface area contributed by atoms with E-state index in [1.165, 1.54) is 12.1 Å². The van der Waals surface area contributed by atoms with Crippen molar-refractivity contribution in [3.05, 3.63) is 53.4 Å². The summed E-state index contributed by atoms with van der Waals surface area (Å²) in [6.07, 6.45) is 4.81. The lowest BCUT2D eigenvalue weighted by Crippen LogP contribution is -2.43. The smallest absolute Gasteiger partial charge is 0.317 e. The van der Waals surface area contributed by atoms with Gasteiger partial charge in [0.25, 0.3) is 0 Å². The van der Waals surface area contributed by atoms with Crippen LogP contribution in [-0.2, 0) is 13.0 Å². The SMILES string of the molecule is CNC(=O)N1CCC(Cc2ncc(C)n2Cc2ccc(F)cc2)CC1.